The number of amides is 1. The molecule has 1 rings (SSSR count). The lowest BCUT2D eigenvalue weighted by atomic mass is 10.2. The zero-order chi connectivity index (χ0) is 12.1. The zero-order valence-electron chi connectivity index (χ0n) is 10.0. The second kappa shape index (κ2) is 6.98. The summed E-state index contributed by atoms with van der Waals surface area (Å²) in [4.78, 5) is 11.4. The molecule has 17 heavy (non-hydrogen) atoms. The number of nitrogens with two attached hydrogens (primary N) is 1. The average molecular weight is 261 g/mol. The number of carbonyl (C=O) groups excluding carboxylic acids is 1. The maximum absolute atomic E-state index is 11.4. The Balaban J connectivity index is 0.00000256. The van der Waals surface area contributed by atoms with Gasteiger partial charge in [0.1, 0.15) is 11.5 Å². The minimum Gasteiger partial charge on any atom is -0.497 e. The van der Waals surface area contributed by atoms with Gasteiger partial charge in [-0.05, 0) is 6.92 Å². The van der Waals surface area contributed by atoms with Crippen molar-refractivity contribution in [3.63, 3.8) is 0 Å². The molecule has 5 nitrogen and oxygen atoms in total. The number of hydrogen-bond donors (Lipinski definition) is 2. The molecule has 0 spiro atoms. The van der Waals surface area contributed by atoms with Crippen LogP contribution in [-0.2, 0) is 4.79 Å². The number of hydrogen-bond acceptors (Lipinski definition) is 4. The van der Waals surface area contributed by atoms with E-state index in [2.05, 4.69) is 5.32 Å². The fraction of sp³-hybridized carbons (Fsp3) is 0.364. The Morgan fingerprint density at radius 1 is 1.24 bits per heavy atom. The lowest BCUT2D eigenvalue weighted by Crippen LogP contribution is -2.32. The zero-order valence-corrected chi connectivity index (χ0v) is 10.8. The van der Waals surface area contributed by atoms with Crippen molar-refractivity contribution >= 4 is 24.0 Å². The average Bonchev–Trinajstić information content (AvgIpc) is 2.28. The number of benzene rings is 1. The Labute approximate surface area is 107 Å². The van der Waals surface area contributed by atoms with E-state index in [9.17, 15) is 4.79 Å². The summed E-state index contributed by atoms with van der Waals surface area (Å²) < 4.78 is 10.2. The Bertz CT molecular complexity index is 361. The standard InChI is InChI=1S/C11H16N2O3.ClH/c1-7(12)11(14)13-8-4-9(15-2)6-10(5-8)16-3;/h4-7H,12H2,1-3H3,(H,13,14);1H. The van der Waals surface area contributed by atoms with Crippen LogP contribution in [-0.4, -0.2) is 26.2 Å². The molecule has 0 aliphatic carbocycles. The third-order valence-corrected chi connectivity index (χ3v) is 2.03. The monoisotopic (exact) mass is 260 g/mol. The van der Waals surface area contributed by atoms with Crippen molar-refractivity contribution in [1.82, 2.24) is 0 Å². The predicted octanol–water partition coefficient (Wildman–Crippen LogP) is 1.41. The van der Waals surface area contributed by atoms with Crippen LogP contribution in [0.1, 0.15) is 6.92 Å². The van der Waals surface area contributed by atoms with Gasteiger partial charge in [-0.2, -0.15) is 0 Å². The van der Waals surface area contributed by atoms with E-state index in [-0.39, 0.29) is 18.3 Å². The van der Waals surface area contributed by atoms with Crippen molar-refractivity contribution in [2.75, 3.05) is 19.5 Å². The number of methoxy groups -OCH3 is 2. The first-order valence-corrected chi connectivity index (χ1v) is 4.86. The van der Waals surface area contributed by atoms with E-state index in [0.29, 0.717) is 17.2 Å². The van der Waals surface area contributed by atoms with Gasteiger partial charge in [-0.15, -0.1) is 12.4 Å². The summed E-state index contributed by atoms with van der Waals surface area (Å²) in [7, 11) is 3.10. The van der Waals surface area contributed by atoms with E-state index in [4.69, 9.17) is 15.2 Å². The van der Waals surface area contributed by atoms with Gasteiger partial charge in [0, 0.05) is 23.9 Å². The van der Waals surface area contributed by atoms with Crippen molar-refractivity contribution in [1.29, 1.82) is 0 Å². The summed E-state index contributed by atoms with van der Waals surface area (Å²) in [5.41, 5.74) is 6.05. The van der Waals surface area contributed by atoms with Crippen LogP contribution >= 0.6 is 12.4 Å². The van der Waals surface area contributed by atoms with Gasteiger partial charge in [0.05, 0.1) is 20.3 Å². The van der Waals surface area contributed by atoms with Crippen LogP contribution in [0.25, 0.3) is 0 Å². The molecule has 0 fully saturated rings. The van der Waals surface area contributed by atoms with Crippen molar-refractivity contribution in [3.05, 3.63) is 18.2 Å². The number of ether oxygens (including phenoxy) is 2. The molecule has 96 valence electrons. The highest BCUT2D eigenvalue weighted by Crippen LogP contribution is 2.25. The smallest absolute Gasteiger partial charge is 0.241 e. The molecule has 0 heterocycles. The molecular weight excluding hydrogens is 244 g/mol. The summed E-state index contributed by atoms with van der Waals surface area (Å²) in [5, 5.41) is 2.67. The number of carbonyl (C=O) groups is 1. The first-order valence-electron chi connectivity index (χ1n) is 4.86. The molecule has 0 aliphatic heterocycles. The van der Waals surface area contributed by atoms with E-state index >= 15 is 0 Å². The second-order valence-corrected chi connectivity index (χ2v) is 3.38. The molecule has 6 heteroatoms. The second-order valence-electron chi connectivity index (χ2n) is 3.38. The van der Waals surface area contributed by atoms with E-state index in [1.165, 1.54) is 0 Å². The largest absolute Gasteiger partial charge is 0.497 e. The molecule has 0 aromatic heterocycles. The lowest BCUT2D eigenvalue weighted by molar-refractivity contribution is -0.117. The summed E-state index contributed by atoms with van der Waals surface area (Å²) in [5.74, 6) is 0.967. The number of anilines is 1. The van der Waals surface area contributed by atoms with Crippen LogP contribution in [0.2, 0.25) is 0 Å². The Hall–Kier alpha value is -1.46. The third kappa shape index (κ3) is 4.50. The molecule has 1 unspecified atom stereocenters. The molecule has 0 bridgehead atoms. The maximum Gasteiger partial charge on any atom is 0.241 e. The van der Waals surface area contributed by atoms with Crippen LogP contribution in [0.3, 0.4) is 0 Å². The van der Waals surface area contributed by atoms with Crippen LogP contribution in [0.4, 0.5) is 5.69 Å². The van der Waals surface area contributed by atoms with Crippen molar-refractivity contribution < 1.29 is 14.3 Å². The minimum atomic E-state index is -0.558. The quantitative estimate of drug-likeness (QED) is 0.859. The van der Waals surface area contributed by atoms with Gasteiger partial charge in [0.2, 0.25) is 5.91 Å². The molecule has 0 radical (unpaired) electrons. The summed E-state index contributed by atoms with van der Waals surface area (Å²) in [6.07, 6.45) is 0. The van der Waals surface area contributed by atoms with E-state index in [1.807, 2.05) is 0 Å². The minimum absolute atomic E-state index is 0. The highest BCUT2D eigenvalue weighted by Gasteiger charge is 2.09. The van der Waals surface area contributed by atoms with Crippen molar-refractivity contribution in [3.8, 4) is 11.5 Å². The first kappa shape index (κ1) is 15.5. The number of rotatable bonds is 4. The maximum atomic E-state index is 11.4. The topological polar surface area (TPSA) is 73.6 Å². The lowest BCUT2D eigenvalue weighted by Gasteiger charge is -2.11. The molecule has 1 amide bonds. The molecule has 0 saturated heterocycles. The van der Waals surface area contributed by atoms with Crippen LogP contribution < -0.4 is 20.5 Å². The molecule has 3 N–H and O–H groups in total. The summed E-state index contributed by atoms with van der Waals surface area (Å²) in [6.45, 7) is 1.62. The Morgan fingerprint density at radius 2 is 1.71 bits per heavy atom. The van der Waals surface area contributed by atoms with Gasteiger partial charge < -0.3 is 20.5 Å². The molecule has 0 aliphatic rings. The van der Waals surface area contributed by atoms with Gasteiger partial charge in [-0.25, -0.2) is 0 Å². The number of nitrogens with one attached hydrogen (secondary N) is 1. The third-order valence-electron chi connectivity index (χ3n) is 2.03. The van der Waals surface area contributed by atoms with Gasteiger partial charge in [-0.3, -0.25) is 4.79 Å². The van der Waals surface area contributed by atoms with Crippen molar-refractivity contribution in [2.45, 2.75) is 13.0 Å². The first-order chi connectivity index (χ1) is 7.56. The Kier molecular flexibility index (Phi) is 6.38. The van der Waals surface area contributed by atoms with E-state index in [0.717, 1.165) is 0 Å². The number of halogens is 1. The summed E-state index contributed by atoms with van der Waals surface area (Å²) in [6, 6.07) is 4.56. The molecule has 1 aromatic rings. The van der Waals surface area contributed by atoms with Gasteiger partial charge in [-0.1, -0.05) is 0 Å². The highest BCUT2D eigenvalue weighted by molar-refractivity contribution is 5.94. The SMILES string of the molecule is COc1cc(NC(=O)C(C)N)cc(OC)c1.Cl. The molecule has 1 atom stereocenters. The molecule has 1 aromatic carbocycles. The van der Waals surface area contributed by atoms with Crippen LogP contribution in [0.5, 0.6) is 11.5 Å². The highest BCUT2D eigenvalue weighted by atomic mass is 35.5. The van der Waals surface area contributed by atoms with E-state index in [1.54, 1.807) is 39.3 Å². The van der Waals surface area contributed by atoms with E-state index < -0.39 is 6.04 Å². The van der Waals surface area contributed by atoms with Crippen LogP contribution in [0, 0.1) is 0 Å². The van der Waals surface area contributed by atoms with Crippen LogP contribution in [0.15, 0.2) is 18.2 Å². The molecule has 0 saturated carbocycles. The molecular formula is C11H17ClN2O3. The van der Waals surface area contributed by atoms with Crippen molar-refractivity contribution in [2.24, 2.45) is 5.73 Å². The fourth-order valence-corrected chi connectivity index (χ4v) is 1.14. The fourth-order valence-electron chi connectivity index (χ4n) is 1.14. The van der Waals surface area contributed by atoms with Gasteiger partial charge in [0.15, 0.2) is 0 Å². The summed E-state index contributed by atoms with van der Waals surface area (Å²) >= 11 is 0. The predicted molar refractivity (Wildman–Crippen MR) is 69.1 cm³/mol. The van der Waals surface area contributed by atoms with Gasteiger partial charge in [0.25, 0.3) is 0 Å². The Morgan fingerprint density at radius 3 is 2.06 bits per heavy atom. The normalized spacial score (nSPS) is 11.1. The van der Waals surface area contributed by atoms with Gasteiger partial charge >= 0.3 is 0 Å².